The Morgan fingerprint density at radius 2 is 1.59 bits per heavy atom. The van der Waals surface area contributed by atoms with Gasteiger partial charge in [-0.2, -0.15) is 0 Å². The van der Waals surface area contributed by atoms with Gasteiger partial charge in [-0.05, 0) is 51.3 Å². The third-order valence-corrected chi connectivity index (χ3v) is 6.68. The van der Waals surface area contributed by atoms with E-state index < -0.39 is 11.8 Å². The number of imide groups is 1. The van der Waals surface area contributed by atoms with Gasteiger partial charge in [0.2, 0.25) is 5.91 Å². The van der Waals surface area contributed by atoms with Crippen molar-refractivity contribution in [2.24, 2.45) is 0 Å². The van der Waals surface area contributed by atoms with Gasteiger partial charge in [-0.3, -0.25) is 24.2 Å². The zero-order valence-electron chi connectivity index (χ0n) is 19.5. The molecule has 2 heterocycles. The minimum atomic E-state index is -0.463. The number of fused-ring (bicyclic) bond motifs is 2. The Labute approximate surface area is 201 Å². The Hall–Kier alpha value is -3.50. The molecule has 1 aliphatic rings. The second-order valence-corrected chi connectivity index (χ2v) is 9.07. The molecule has 9 nitrogen and oxygen atoms in total. The minimum Gasteiger partial charge on any atom is -0.495 e. The molecular weight excluding hydrogens is 456 g/mol. The highest BCUT2D eigenvalue weighted by atomic mass is 32.1. The average molecular weight is 483 g/mol. The molecule has 1 aliphatic heterocycles. The highest BCUT2D eigenvalue weighted by Gasteiger charge is 2.37. The average Bonchev–Trinajstić information content (AvgIpc) is 3.37. The monoisotopic (exact) mass is 482 g/mol. The SMILES string of the molecule is COc1ccc(OC)c2sc(N(CCCN(C)C)C(=O)CN3C(=O)c4ccccc4C3=O)nc12. The number of aromatic nitrogens is 1. The maximum Gasteiger partial charge on any atom is 0.262 e. The summed E-state index contributed by atoms with van der Waals surface area (Å²) in [5.74, 6) is -0.116. The van der Waals surface area contributed by atoms with Crippen LogP contribution < -0.4 is 14.4 Å². The van der Waals surface area contributed by atoms with Crippen molar-refractivity contribution in [3.8, 4) is 11.5 Å². The van der Waals surface area contributed by atoms with E-state index in [-0.39, 0.29) is 12.5 Å². The number of hydrogen-bond donors (Lipinski definition) is 0. The predicted octanol–water partition coefficient (Wildman–Crippen LogP) is 2.89. The summed E-state index contributed by atoms with van der Waals surface area (Å²) in [5.41, 5.74) is 1.22. The molecule has 4 rings (SSSR count). The molecule has 0 unspecified atom stereocenters. The number of carbonyl (C=O) groups excluding carboxylic acids is 3. The molecule has 0 saturated carbocycles. The van der Waals surface area contributed by atoms with Gasteiger partial charge in [0.05, 0.1) is 25.3 Å². The molecule has 178 valence electrons. The molecule has 0 atom stereocenters. The summed E-state index contributed by atoms with van der Waals surface area (Å²) in [4.78, 5) is 48.3. The highest BCUT2D eigenvalue weighted by molar-refractivity contribution is 7.22. The minimum absolute atomic E-state index is 0.314. The van der Waals surface area contributed by atoms with E-state index in [0.717, 1.165) is 16.1 Å². The van der Waals surface area contributed by atoms with Crippen LogP contribution in [0.2, 0.25) is 0 Å². The summed E-state index contributed by atoms with van der Waals surface area (Å²) < 4.78 is 11.7. The number of benzene rings is 2. The fraction of sp³-hybridized carbons (Fsp3) is 0.333. The van der Waals surface area contributed by atoms with Crippen LogP contribution in [0.25, 0.3) is 10.2 Å². The van der Waals surface area contributed by atoms with Crippen LogP contribution in [0.1, 0.15) is 27.1 Å². The van der Waals surface area contributed by atoms with E-state index in [1.807, 2.05) is 19.0 Å². The van der Waals surface area contributed by atoms with E-state index in [0.29, 0.717) is 46.2 Å². The van der Waals surface area contributed by atoms with Gasteiger partial charge in [0.25, 0.3) is 11.8 Å². The van der Waals surface area contributed by atoms with Gasteiger partial charge >= 0.3 is 0 Å². The van der Waals surface area contributed by atoms with Crippen LogP contribution in [-0.2, 0) is 4.79 Å². The van der Waals surface area contributed by atoms with Gasteiger partial charge in [0.15, 0.2) is 5.13 Å². The van der Waals surface area contributed by atoms with E-state index in [4.69, 9.17) is 9.47 Å². The molecule has 0 spiro atoms. The van der Waals surface area contributed by atoms with Crippen molar-refractivity contribution >= 4 is 44.4 Å². The van der Waals surface area contributed by atoms with E-state index in [2.05, 4.69) is 4.98 Å². The van der Waals surface area contributed by atoms with Crippen LogP contribution in [0.4, 0.5) is 5.13 Å². The maximum atomic E-state index is 13.5. The molecule has 0 N–H and O–H groups in total. The molecule has 2 aromatic carbocycles. The lowest BCUT2D eigenvalue weighted by Gasteiger charge is -2.23. The summed E-state index contributed by atoms with van der Waals surface area (Å²) in [6, 6.07) is 10.2. The topological polar surface area (TPSA) is 92.3 Å². The molecule has 10 heteroatoms. The molecule has 0 fully saturated rings. The van der Waals surface area contributed by atoms with Crippen LogP contribution in [0.5, 0.6) is 11.5 Å². The first-order valence-corrected chi connectivity index (χ1v) is 11.6. The zero-order chi connectivity index (χ0) is 24.4. The lowest BCUT2D eigenvalue weighted by molar-refractivity contribution is -0.119. The normalized spacial score (nSPS) is 13.0. The Morgan fingerprint density at radius 1 is 0.971 bits per heavy atom. The number of rotatable bonds is 9. The predicted molar refractivity (Wildman–Crippen MR) is 130 cm³/mol. The van der Waals surface area contributed by atoms with E-state index in [1.54, 1.807) is 50.6 Å². The van der Waals surface area contributed by atoms with Crippen molar-refractivity contribution in [3.63, 3.8) is 0 Å². The molecule has 0 bridgehead atoms. The van der Waals surface area contributed by atoms with Gasteiger partial charge in [-0.15, -0.1) is 0 Å². The molecule has 0 radical (unpaired) electrons. The summed E-state index contributed by atoms with van der Waals surface area (Å²) >= 11 is 1.31. The second-order valence-electron chi connectivity index (χ2n) is 8.09. The Kier molecular flexibility index (Phi) is 6.80. The summed E-state index contributed by atoms with van der Waals surface area (Å²) in [6.07, 6.45) is 0.686. The summed E-state index contributed by atoms with van der Waals surface area (Å²) in [5, 5.41) is 0.457. The number of nitrogens with zero attached hydrogens (tertiary/aromatic N) is 4. The first-order valence-electron chi connectivity index (χ1n) is 10.8. The summed E-state index contributed by atoms with van der Waals surface area (Å²) in [7, 11) is 7.04. The standard InChI is InChI=1S/C24H26N4O5S/c1-26(2)12-7-13-27(24-25-20-17(32-3)10-11-18(33-4)21(20)34-24)19(29)14-28-22(30)15-8-5-6-9-16(15)23(28)31/h5-6,8-11H,7,12-14H2,1-4H3. The van der Waals surface area contributed by atoms with E-state index >= 15 is 0 Å². The van der Waals surface area contributed by atoms with E-state index in [9.17, 15) is 14.4 Å². The van der Waals surface area contributed by atoms with E-state index in [1.165, 1.54) is 16.2 Å². The van der Waals surface area contributed by atoms with Crippen molar-refractivity contribution in [2.75, 3.05) is 52.8 Å². The summed E-state index contributed by atoms with van der Waals surface area (Å²) in [6.45, 7) is 0.775. The fourth-order valence-electron chi connectivity index (χ4n) is 3.87. The first kappa shape index (κ1) is 23.7. The lowest BCUT2D eigenvalue weighted by Crippen LogP contribution is -2.43. The number of ether oxygens (including phenoxy) is 2. The Morgan fingerprint density at radius 3 is 2.18 bits per heavy atom. The number of anilines is 1. The molecule has 0 saturated heterocycles. The first-order chi connectivity index (χ1) is 16.3. The maximum absolute atomic E-state index is 13.5. The van der Waals surface area contributed by atoms with Gasteiger partial charge in [-0.1, -0.05) is 23.5 Å². The number of hydrogen-bond acceptors (Lipinski definition) is 8. The Balaban J connectivity index is 1.66. The van der Waals surface area contributed by atoms with Gasteiger partial charge in [-0.25, -0.2) is 4.98 Å². The molecule has 0 aliphatic carbocycles. The molecule has 1 aromatic heterocycles. The zero-order valence-corrected chi connectivity index (χ0v) is 20.3. The lowest BCUT2D eigenvalue weighted by atomic mass is 10.1. The largest absolute Gasteiger partial charge is 0.495 e. The molecular formula is C24H26N4O5S. The Bertz CT molecular complexity index is 1180. The quantitative estimate of drug-likeness (QED) is 0.433. The van der Waals surface area contributed by atoms with Crippen molar-refractivity contribution < 1.29 is 23.9 Å². The third kappa shape index (κ3) is 4.34. The van der Waals surface area contributed by atoms with Gasteiger partial charge in [0, 0.05) is 6.54 Å². The van der Waals surface area contributed by atoms with Crippen LogP contribution in [0.15, 0.2) is 36.4 Å². The van der Waals surface area contributed by atoms with Crippen LogP contribution in [0, 0.1) is 0 Å². The van der Waals surface area contributed by atoms with Crippen LogP contribution >= 0.6 is 11.3 Å². The van der Waals surface area contributed by atoms with Crippen molar-refractivity contribution in [1.29, 1.82) is 0 Å². The molecule has 3 aromatic rings. The van der Waals surface area contributed by atoms with Crippen LogP contribution in [0.3, 0.4) is 0 Å². The van der Waals surface area contributed by atoms with Crippen molar-refractivity contribution in [1.82, 2.24) is 14.8 Å². The highest BCUT2D eigenvalue weighted by Crippen LogP contribution is 2.40. The number of methoxy groups -OCH3 is 2. The number of amides is 3. The smallest absolute Gasteiger partial charge is 0.262 e. The molecule has 3 amide bonds. The van der Waals surface area contributed by atoms with Gasteiger partial charge < -0.3 is 14.4 Å². The van der Waals surface area contributed by atoms with Crippen molar-refractivity contribution in [3.05, 3.63) is 47.5 Å². The van der Waals surface area contributed by atoms with Crippen LogP contribution in [-0.4, -0.2) is 80.5 Å². The number of carbonyl (C=O) groups is 3. The van der Waals surface area contributed by atoms with Crippen molar-refractivity contribution in [2.45, 2.75) is 6.42 Å². The number of thiazole rings is 1. The van der Waals surface area contributed by atoms with Gasteiger partial charge in [0.1, 0.15) is 28.3 Å². The third-order valence-electron chi connectivity index (χ3n) is 5.59. The molecule has 34 heavy (non-hydrogen) atoms. The fourth-order valence-corrected chi connectivity index (χ4v) is 4.98. The second kappa shape index (κ2) is 9.78.